The van der Waals surface area contributed by atoms with Crippen LogP contribution in [0.5, 0.6) is 17.2 Å². The number of hydrogen-bond donors (Lipinski definition) is 1. The topological polar surface area (TPSA) is 60.6 Å². The summed E-state index contributed by atoms with van der Waals surface area (Å²) < 4.78 is 15.7. The van der Waals surface area contributed by atoms with Gasteiger partial charge in [-0.25, -0.2) is 0 Å². The van der Waals surface area contributed by atoms with E-state index >= 15 is 0 Å². The molecule has 0 saturated heterocycles. The van der Waals surface area contributed by atoms with Crippen molar-refractivity contribution in [3.05, 3.63) is 41.7 Å². The number of methoxy groups -OCH3 is 3. The number of ketones is 1. The minimum absolute atomic E-state index is 0.111. The van der Waals surface area contributed by atoms with E-state index in [9.17, 15) is 4.79 Å². The summed E-state index contributed by atoms with van der Waals surface area (Å²) in [4.78, 5) is 15.1. The highest BCUT2D eigenvalue weighted by Gasteiger charge is 2.18. The molecule has 1 aromatic carbocycles. The number of rotatable bonds is 5. The molecule has 0 aliphatic heterocycles. The van der Waals surface area contributed by atoms with E-state index in [1.165, 1.54) is 21.3 Å². The molecule has 0 atom stereocenters. The Bertz CT molecular complexity index is 550. The van der Waals surface area contributed by atoms with Crippen LogP contribution in [0.25, 0.3) is 0 Å². The van der Waals surface area contributed by atoms with Crippen molar-refractivity contribution in [2.45, 2.75) is 0 Å². The number of nitrogens with one attached hydrogen (secondary N) is 1. The van der Waals surface area contributed by atoms with Crippen LogP contribution in [0.2, 0.25) is 0 Å². The number of carbonyl (C=O) groups excluding carboxylic acids is 1. The Morgan fingerprint density at radius 1 is 1.00 bits per heavy atom. The molecular weight excluding hydrogens is 246 g/mol. The Hall–Kier alpha value is -2.43. The van der Waals surface area contributed by atoms with Gasteiger partial charge in [-0.15, -0.1) is 0 Å². The molecule has 0 amide bonds. The first-order valence-electron chi connectivity index (χ1n) is 5.68. The number of H-pyrrole nitrogens is 1. The van der Waals surface area contributed by atoms with Crippen molar-refractivity contribution in [1.82, 2.24) is 4.98 Å². The highest BCUT2D eigenvalue weighted by atomic mass is 16.5. The van der Waals surface area contributed by atoms with Crippen LogP contribution >= 0.6 is 0 Å². The van der Waals surface area contributed by atoms with Gasteiger partial charge in [0.15, 0.2) is 17.3 Å². The number of carbonyl (C=O) groups is 1. The Balaban J connectivity index is 2.50. The Kier molecular flexibility index (Phi) is 3.75. The minimum Gasteiger partial charge on any atom is -0.493 e. The summed E-state index contributed by atoms with van der Waals surface area (Å²) in [6, 6.07) is 4.99. The molecule has 1 N–H and O–H groups in total. The van der Waals surface area contributed by atoms with Crippen LogP contribution < -0.4 is 14.2 Å². The summed E-state index contributed by atoms with van der Waals surface area (Å²) in [5.74, 6) is 1.28. The summed E-state index contributed by atoms with van der Waals surface area (Å²) in [6.07, 6.45) is 3.34. The van der Waals surface area contributed by atoms with Gasteiger partial charge < -0.3 is 19.2 Å². The zero-order chi connectivity index (χ0) is 13.8. The Morgan fingerprint density at radius 2 is 1.63 bits per heavy atom. The van der Waals surface area contributed by atoms with Crippen molar-refractivity contribution in [2.24, 2.45) is 0 Å². The van der Waals surface area contributed by atoms with Crippen LogP contribution in [-0.2, 0) is 0 Å². The molecule has 0 unspecified atom stereocenters. The fourth-order valence-electron chi connectivity index (χ4n) is 1.84. The van der Waals surface area contributed by atoms with Gasteiger partial charge in [-0.1, -0.05) is 0 Å². The average molecular weight is 261 g/mol. The number of ether oxygens (including phenoxy) is 3. The average Bonchev–Trinajstić information content (AvgIpc) is 2.98. The van der Waals surface area contributed by atoms with Gasteiger partial charge in [-0.3, -0.25) is 4.79 Å². The Labute approximate surface area is 111 Å². The zero-order valence-electron chi connectivity index (χ0n) is 11.0. The second-order valence-electron chi connectivity index (χ2n) is 3.84. The second kappa shape index (κ2) is 5.48. The maximum absolute atomic E-state index is 12.3. The van der Waals surface area contributed by atoms with Gasteiger partial charge in [0.1, 0.15) is 0 Å². The lowest BCUT2D eigenvalue weighted by Gasteiger charge is -2.13. The fourth-order valence-corrected chi connectivity index (χ4v) is 1.84. The van der Waals surface area contributed by atoms with Crippen molar-refractivity contribution in [1.29, 1.82) is 0 Å². The predicted molar refractivity (Wildman–Crippen MR) is 70.3 cm³/mol. The molecule has 2 rings (SSSR count). The monoisotopic (exact) mass is 261 g/mol. The summed E-state index contributed by atoms with van der Waals surface area (Å²) in [7, 11) is 4.55. The minimum atomic E-state index is -0.111. The van der Waals surface area contributed by atoms with Crippen LogP contribution in [-0.4, -0.2) is 32.1 Å². The Morgan fingerprint density at radius 3 is 2.05 bits per heavy atom. The van der Waals surface area contributed by atoms with Crippen LogP contribution in [0.4, 0.5) is 0 Å². The maximum Gasteiger partial charge on any atom is 0.203 e. The summed E-state index contributed by atoms with van der Waals surface area (Å²) in [5, 5.41) is 0. The highest BCUT2D eigenvalue weighted by molar-refractivity contribution is 6.09. The first-order valence-corrected chi connectivity index (χ1v) is 5.68. The highest BCUT2D eigenvalue weighted by Crippen LogP contribution is 2.38. The van der Waals surface area contributed by atoms with Gasteiger partial charge in [-0.05, 0) is 18.2 Å². The normalized spacial score (nSPS) is 10.1. The van der Waals surface area contributed by atoms with Gasteiger partial charge in [0.25, 0.3) is 0 Å². The van der Waals surface area contributed by atoms with Crippen molar-refractivity contribution >= 4 is 5.78 Å². The van der Waals surface area contributed by atoms with Gasteiger partial charge in [0, 0.05) is 23.5 Å². The van der Waals surface area contributed by atoms with E-state index in [0.717, 1.165) is 0 Å². The largest absolute Gasteiger partial charge is 0.493 e. The second-order valence-corrected chi connectivity index (χ2v) is 3.84. The third kappa shape index (κ3) is 2.40. The van der Waals surface area contributed by atoms with Crippen LogP contribution in [0, 0.1) is 0 Å². The van der Waals surface area contributed by atoms with Crippen LogP contribution in [0.3, 0.4) is 0 Å². The van der Waals surface area contributed by atoms with E-state index in [1.54, 1.807) is 30.6 Å². The van der Waals surface area contributed by atoms with E-state index in [4.69, 9.17) is 14.2 Å². The van der Waals surface area contributed by atoms with E-state index in [0.29, 0.717) is 28.4 Å². The van der Waals surface area contributed by atoms with E-state index in [-0.39, 0.29) is 5.78 Å². The van der Waals surface area contributed by atoms with Gasteiger partial charge in [0.2, 0.25) is 5.75 Å². The lowest BCUT2D eigenvalue weighted by Crippen LogP contribution is -2.03. The molecular formula is C14H15NO4. The molecule has 100 valence electrons. The van der Waals surface area contributed by atoms with Gasteiger partial charge in [0.05, 0.1) is 21.3 Å². The van der Waals surface area contributed by atoms with Crippen LogP contribution in [0.1, 0.15) is 15.9 Å². The fraction of sp³-hybridized carbons (Fsp3) is 0.214. The third-order valence-electron chi connectivity index (χ3n) is 2.79. The van der Waals surface area contributed by atoms with Crippen molar-refractivity contribution in [3.63, 3.8) is 0 Å². The molecule has 19 heavy (non-hydrogen) atoms. The molecule has 0 fully saturated rings. The molecule has 0 bridgehead atoms. The molecule has 1 heterocycles. The lowest BCUT2D eigenvalue weighted by atomic mass is 10.0. The first kappa shape index (κ1) is 13.0. The van der Waals surface area contributed by atoms with Gasteiger partial charge >= 0.3 is 0 Å². The number of aromatic nitrogens is 1. The van der Waals surface area contributed by atoms with Crippen LogP contribution in [0.15, 0.2) is 30.6 Å². The zero-order valence-corrected chi connectivity index (χ0v) is 11.0. The molecule has 0 radical (unpaired) electrons. The van der Waals surface area contributed by atoms with Crippen molar-refractivity contribution in [3.8, 4) is 17.2 Å². The quantitative estimate of drug-likeness (QED) is 0.839. The molecule has 0 aliphatic carbocycles. The summed E-state index contributed by atoms with van der Waals surface area (Å²) in [6.45, 7) is 0. The summed E-state index contributed by atoms with van der Waals surface area (Å²) >= 11 is 0. The predicted octanol–water partition coefficient (Wildman–Crippen LogP) is 2.27. The molecule has 5 heteroatoms. The van der Waals surface area contributed by atoms with E-state index in [1.807, 2.05) is 0 Å². The first-order chi connectivity index (χ1) is 9.21. The molecule has 0 spiro atoms. The van der Waals surface area contributed by atoms with Gasteiger partial charge in [-0.2, -0.15) is 0 Å². The molecule has 5 nitrogen and oxygen atoms in total. The molecule has 2 aromatic rings. The van der Waals surface area contributed by atoms with Crippen molar-refractivity contribution in [2.75, 3.05) is 21.3 Å². The number of hydrogen-bond acceptors (Lipinski definition) is 4. The summed E-state index contributed by atoms with van der Waals surface area (Å²) in [5.41, 5.74) is 1.06. The smallest absolute Gasteiger partial charge is 0.203 e. The van der Waals surface area contributed by atoms with E-state index in [2.05, 4.69) is 4.98 Å². The molecule has 1 aromatic heterocycles. The SMILES string of the molecule is COc1cc(C(=O)c2cc[nH]c2)cc(OC)c1OC. The van der Waals surface area contributed by atoms with Crippen molar-refractivity contribution < 1.29 is 19.0 Å². The third-order valence-corrected chi connectivity index (χ3v) is 2.79. The lowest BCUT2D eigenvalue weighted by molar-refractivity contribution is 0.103. The molecule has 0 saturated carbocycles. The number of benzene rings is 1. The van der Waals surface area contributed by atoms with E-state index < -0.39 is 0 Å². The number of aromatic amines is 1. The molecule has 0 aliphatic rings. The standard InChI is InChI=1S/C14H15NO4/c1-17-11-6-10(7-12(18-2)14(11)19-3)13(16)9-4-5-15-8-9/h4-8,15H,1-3H3. The maximum atomic E-state index is 12.3.